The van der Waals surface area contributed by atoms with Gasteiger partial charge < -0.3 is 19.6 Å². The number of piperazine rings is 1. The first-order valence-corrected chi connectivity index (χ1v) is 12.5. The number of fused-ring (bicyclic) bond motifs is 1. The molecule has 0 bridgehead atoms. The molecule has 2 aromatic rings. The van der Waals surface area contributed by atoms with E-state index >= 15 is 0 Å². The van der Waals surface area contributed by atoms with Gasteiger partial charge in [-0.05, 0) is 32.2 Å². The number of aliphatic hydroxyl groups is 1. The van der Waals surface area contributed by atoms with E-state index < -0.39 is 10.0 Å². The van der Waals surface area contributed by atoms with Crippen molar-refractivity contribution in [2.45, 2.75) is 25.2 Å². The van der Waals surface area contributed by atoms with Crippen molar-refractivity contribution >= 4 is 27.2 Å². The molecule has 10 nitrogen and oxygen atoms in total. The highest BCUT2D eigenvalue weighted by molar-refractivity contribution is 7.89. The fraction of sp³-hybridized carbons (Fsp3) is 0.455. The molecule has 3 heterocycles. The van der Waals surface area contributed by atoms with E-state index in [0.717, 1.165) is 0 Å². The summed E-state index contributed by atoms with van der Waals surface area (Å²) in [6, 6.07) is 4.86. The number of benzene rings is 1. The minimum Gasteiger partial charge on any atom is -0.510 e. The van der Waals surface area contributed by atoms with Gasteiger partial charge in [0.15, 0.2) is 0 Å². The van der Waals surface area contributed by atoms with Crippen LogP contribution in [0.1, 0.15) is 31.5 Å². The maximum atomic E-state index is 13.4. The topological polar surface area (TPSA) is 114 Å². The van der Waals surface area contributed by atoms with Crippen LogP contribution in [0.25, 0.3) is 5.70 Å². The molecule has 2 aliphatic heterocycles. The summed E-state index contributed by atoms with van der Waals surface area (Å²) in [6.07, 6.45) is 2.00. The second-order valence-corrected chi connectivity index (χ2v) is 10.0. The van der Waals surface area contributed by atoms with Crippen LogP contribution in [0, 0.1) is 0 Å². The van der Waals surface area contributed by atoms with Gasteiger partial charge >= 0.3 is 0 Å². The molecule has 0 saturated carbocycles. The Balaban J connectivity index is 1.83. The van der Waals surface area contributed by atoms with Crippen LogP contribution in [0.4, 0.5) is 5.69 Å². The number of aromatic amines is 1. The standard InChI is InChI=1S/C22H30N6O4S/c1-5-18(29)21-20-17(14-23-25-20)24-22(27(21)4)16-13-15(7-8-19(16)32-6-2)33(30,31)28-11-9-26(3)10-12-28/h7-8,13-14,29H,5-6,9-12H2,1-4H3,(H,23,25). The molecule has 33 heavy (non-hydrogen) atoms. The molecule has 0 spiro atoms. The largest absolute Gasteiger partial charge is 0.510 e. The van der Waals surface area contributed by atoms with E-state index in [-0.39, 0.29) is 10.7 Å². The number of sulfonamides is 1. The summed E-state index contributed by atoms with van der Waals surface area (Å²) in [5.74, 6) is 1.16. The normalized spacial score (nSPS) is 19.3. The highest BCUT2D eigenvalue weighted by atomic mass is 32.2. The van der Waals surface area contributed by atoms with E-state index in [9.17, 15) is 13.5 Å². The molecule has 1 fully saturated rings. The molecule has 0 aliphatic carbocycles. The first-order valence-electron chi connectivity index (χ1n) is 11.0. The molecule has 178 valence electrons. The molecule has 2 N–H and O–H groups in total. The lowest BCUT2D eigenvalue weighted by Gasteiger charge is -2.32. The molecule has 0 atom stereocenters. The number of nitrogens with zero attached hydrogens (tertiary/aromatic N) is 5. The summed E-state index contributed by atoms with van der Waals surface area (Å²) in [7, 11) is 0.0797. The molecule has 11 heteroatoms. The van der Waals surface area contributed by atoms with Crippen LogP contribution >= 0.6 is 0 Å². The number of rotatable bonds is 6. The average Bonchev–Trinajstić information content (AvgIpc) is 3.27. The highest BCUT2D eigenvalue weighted by Crippen LogP contribution is 2.37. The van der Waals surface area contributed by atoms with Gasteiger partial charge in [-0.25, -0.2) is 13.4 Å². The molecule has 0 radical (unpaired) electrons. The van der Waals surface area contributed by atoms with E-state index in [1.54, 1.807) is 36.3 Å². The molecule has 0 unspecified atom stereocenters. The number of aromatic nitrogens is 2. The van der Waals surface area contributed by atoms with Crippen LogP contribution in [-0.4, -0.2) is 90.5 Å². The second kappa shape index (κ2) is 9.16. The smallest absolute Gasteiger partial charge is 0.243 e. The van der Waals surface area contributed by atoms with E-state index in [4.69, 9.17) is 9.73 Å². The third-order valence-corrected chi connectivity index (χ3v) is 7.83. The molecule has 1 saturated heterocycles. The zero-order chi connectivity index (χ0) is 23.8. The fourth-order valence-corrected chi connectivity index (χ4v) is 5.50. The Kier molecular flexibility index (Phi) is 6.46. The lowest BCUT2D eigenvalue weighted by atomic mass is 10.1. The average molecular weight is 475 g/mol. The second-order valence-electron chi connectivity index (χ2n) is 8.07. The third-order valence-electron chi connectivity index (χ3n) is 5.94. The Hall–Kier alpha value is -2.89. The van der Waals surface area contributed by atoms with Gasteiger partial charge in [0.05, 0.1) is 23.3 Å². The van der Waals surface area contributed by atoms with Gasteiger partial charge in [-0.3, -0.25) is 5.10 Å². The van der Waals surface area contributed by atoms with Crippen molar-refractivity contribution in [3.63, 3.8) is 0 Å². The van der Waals surface area contributed by atoms with Crippen molar-refractivity contribution in [3.05, 3.63) is 41.4 Å². The Morgan fingerprint density at radius 3 is 2.58 bits per heavy atom. The summed E-state index contributed by atoms with van der Waals surface area (Å²) in [4.78, 5) is 8.75. The molecule has 2 aliphatic rings. The van der Waals surface area contributed by atoms with Crippen molar-refractivity contribution < 1.29 is 18.3 Å². The Bertz CT molecular complexity index is 1200. The predicted octanol–water partition coefficient (Wildman–Crippen LogP) is 2.40. The fourth-order valence-electron chi connectivity index (χ4n) is 4.05. The van der Waals surface area contributed by atoms with Gasteiger partial charge in [0, 0.05) is 39.6 Å². The Morgan fingerprint density at radius 2 is 1.91 bits per heavy atom. The van der Waals surface area contributed by atoms with Crippen LogP contribution in [-0.2, 0) is 10.0 Å². The zero-order valence-electron chi connectivity index (χ0n) is 19.4. The van der Waals surface area contributed by atoms with Crippen LogP contribution in [0.5, 0.6) is 5.75 Å². The quantitative estimate of drug-likeness (QED) is 0.618. The van der Waals surface area contributed by atoms with Crippen molar-refractivity contribution in [1.29, 1.82) is 0 Å². The molecule has 1 aromatic heterocycles. The number of aliphatic imine (C=N–C) groups is 1. The van der Waals surface area contributed by atoms with Crippen molar-refractivity contribution in [2.24, 2.45) is 4.99 Å². The van der Waals surface area contributed by atoms with Crippen LogP contribution in [0.15, 0.2) is 40.0 Å². The van der Waals surface area contributed by atoms with E-state index in [1.807, 2.05) is 20.9 Å². The maximum Gasteiger partial charge on any atom is 0.243 e. The molecular formula is C22H30N6O4S. The Labute approximate surface area is 194 Å². The minimum atomic E-state index is -3.68. The molecule has 4 rings (SSSR count). The van der Waals surface area contributed by atoms with Crippen LogP contribution < -0.4 is 4.74 Å². The third kappa shape index (κ3) is 4.23. The van der Waals surface area contributed by atoms with Gasteiger partial charge in [-0.15, -0.1) is 0 Å². The molecule has 0 amide bonds. The number of likely N-dealkylation sites (N-methyl/N-ethyl adjacent to an activating group) is 1. The number of hydrogen-bond acceptors (Lipinski definition) is 8. The van der Waals surface area contributed by atoms with Crippen molar-refractivity contribution in [1.82, 2.24) is 24.3 Å². The van der Waals surface area contributed by atoms with E-state index in [2.05, 4.69) is 15.1 Å². The molecule has 1 aromatic carbocycles. The molecular weight excluding hydrogens is 444 g/mol. The number of aliphatic hydroxyl groups excluding tert-OH is 1. The van der Waals surface area contributed by atoms with Gasteiger partial charge in [0.2, 0.25) is 10.0 Å². The summed E-state index contributed by atoms with van der Waals surface area (Å²) < 4.78 is 34.2. The summed E-state index contributed by atoms with van der Waals surface area (Å²) in [5.41, 5.74) is 2.25. The monoisotopic (exact) mass is 474 g/mol. The number of H-pyrrole nitrogens is 1. The van der Waals surface area contributed by atoms with Gasteiger partial charge in [-0.1, -0.05) is 6.92 Å². The SMILES string of the molecule is CCOc1ccc(S(=O)(=O)N2CCN(C)CC2)cc1C1=Nc2cn[nH]c2C(=C(O)CC)N1C. The van der Waals surface area contributed by atoms with Gasteiger partial charge in [0.25, 0.3) is 0 Å². The lowest BCUT2D eigenvalue weighted by molar-refractivity contribution is 0.222. The van der Waals surface area contributed by atoms with Crippen LogP contribution in [0.3, 0.4) is 0 Å². The summed E-state index contributed by atoms with van der Waals surface area (Å²) >= 11 is 0. The number of amidine groups is 1. The van der Waals surface area contributed by atoms with Crippen molar-refractivity contribution in [2.75, 3.05) is 46.9 Å². The van der Waals surface area contributed by atoms with Crippen molar-refractivity contribution in [3.8, 4) is 5.75 Å². The summed E-state index contributed by atoms with van der Waals surface area (Å²) in [6.45, 7) is 6.39. The minimum absolute atomic E-state index is 0.176. The van der Waals surface area contributed by atoms with E-state index in [1.165, 1.54) is 4.31 Å². The zero-order valence-corrected chi connectivity index (χ0v) is 20.2. The summed E-state index contributed by atoms with van der Waals surface area (Å²) in [5, 5.41) is 17.6. The van der Waals surface area contributed by atoms with Gasteiger partial charge in [0.1, 0.15) is 34.4 Å². The predicted molar refractivity (Wildman–Crippen MR) is 126 cm³/mol. The number of hydrogen-bond donors (Lipinski definition) is 2. The highest BCUT2D eigenvalue weighted by Gasteiger charge is 2.32. The van der Waals surface area contributed by atoms with E-state index in [0.29, 0.717) is 73.4 Å². The number of allylic oxidation sites excluding steroid dienone is 1. The number of ether oxygens (including phenoxy) is 1. The number of nitrogens with one attached hydrogen (secondary N) is 1. The first kappa shape index (κ1) is 23.3. The van der Waals surface area contributed by atoms with Crippen LogP contribution in [0.2, 0.25) is 0 Å². The van der Waals surface area contributed by atoms with Gasteiger partial charge in [-0.2, -0.15) is 9.40 Å². The Morgan fingerprint density at radius 1 is 1.18 bits per heavy atom. The first-order chi connectivity index (χ1) is 15.8. The lowest BCUT2D eigenvalue weighted by Crippen LogP contribution is -2.47. The maximum absolute atomic E-state index is 13.4.